The highest BCUT2D eigenvalue weighted by Crippen LogP contribution is 2.21. The average Bonchev–Trinajstić information content (AvgIpc) is 2.56. The summed E-state index contributed by atoms with van der Waals surface area (Å²) < 4.78 is 23.8. The summed E-state index contributed by atoms with van der Waals surface area (Å²) in [5.41, 5.74) is 1.10. The van der Waals surface area contributed by atoms with Crippen LogP contribution in [0.3, 0.4) is 0 Å². The summed E-state index contributed by atoms with van der Waals surface area (Å²) in [5, 5.41) is 2.38. The lowest BCUT2D eigenvalue weighted by Crippen LogP contribution is -2.30. The zero-order valence-electron chi connectivity index (χ0n) is 13.6. The predicted molar refractivity (Wildman–Crippen MR) is 87.6 cm³/mol. The molecule has 1 N–H and O–H groups in total. The van der Waals surface area contributed by atoms with Crippen LogP contribution in [0.5, 0.6) is 5.75 Å². The molecule has 2 aromatic rings. The van der Waals surface area contributed by atoms with Crippen LogP contribution in [-0.2, 0) is 9.53 Å². The number of carbonyl (C=O) groups is 2. The van der Waals surface area contributed by atoms with E-state index in [1.807, 2.05) is 6.92 Å². The van der Waals surface area contributed by atoms with Crippen LogP contribution in [0.1, 0.15) is 22.8 Å². The standard InChI is InChI=1S/C18H18FNO4/c1-11-8-9-16(23-3)13(10-11)18(22)24-12(2)17(21)20-15-7-5-4-6-14(15)19/h4-10,12H,1-3H3,(H,20,21)/t12-/m1/s1. The third-order valence-electron chi connectivity index (χ3n) is 3.36. The first-order valence-corrected chi connectivity index (χ1v) is 7.33. The van der Waals surface area contributed by atoms with E-state index in [4.69, 9.17) is 9.47 Å². The Morgan fingerprint density at radius 2 is 1.88 bits per heavy atom. The van der Waals surface area contributed by atoms with Crippen LogP contribution in [-0.4, -0.2) is 25.1 Å². The smallest absolute Gasteiger partial charge is 0.342 e. The van der Waals surface area contributed by atoms with E-state index in [1.165, 1.54) is 32.2 Å². The van der Waals surface area contributed by atoms with Gasteiger partial charge in [0.15, 0.2) is 6.10 Å². The van der Waals surface area contributed by atoms with Crippen molar-refractivity contribution in [3.63, 3.8) is 0 Å². The molecule has 0 spiro atoms. The summed E-state index contributed by atoms with van der Waals surface area (Å²) in [6, 6.07) is 10.8. The molecule has 0 aliphatic heterocycles. The second-order valence-electron chi connectivity index (χ2n) is 5.22. The minimum atomic E-state index is -1.10. The minimum absolute atomic E-state index is 0.0264. The molecular weight excluding hydrogens is 313 g/mol. The lowest BCUT2D eigenvalue weighted by Gasteiger charge is -2.15. The third kappa shape index (κ3) is 4.10. The van der Waals surface area contributed by atoms with Gasteiger partial charge in [0.1, 0.15) is 17.1 Å². The molecule has 126 valence electrons. The molecule has 5 nitrogen and oxygen atoms in total. The quantitative estimate of drug-likeness (QED) is 0.854. The summed E-state index contributed by atoms with van der Waals surface area (Å²) in [4.78, 5) is 24.3. The fraction of sp³-hybridized carbons (Fsp3) is 0.222. The van der Waals surface area contributed by atoms with Gasteiger partial charge in [-0.25, -0.2) is 9.18 Å². The van der Waals surface area contributed by atoms with Crippen LogP contribution in [0.25, 0.3) is 0 Å². The number of nitrogens with one attached hydrogen (secondary N) is 1. The van der Waals surface area contributed by atoms with E-state index in [9.17, 15) is 14.0 Å². The first kappa shape index (κ1) is 17.5. The number of halogens is 1. The van der Waals surface area contributed by atoms with Gasteiger partial charge in [-0.1, -0.05) is 23.8 Å². The molecule has 0 aromatic heterocycles. The predicted octanol–water partition coefficient (Wildman–Crippen LogP) is 3.33. The number of carbonyl (C=O) groups excluding carboxylic acids is 2. The number of methoxy groups -OCH3 is 1. The van der Waals surface area contributed by atoms with E-state index in [2.05, 4.69) is 5.32 Å². The van der Waals surface area contributed by atoms with Gasteiger partial charge in [-0.2, -0.15) is 0 Å². The van der Waals surface area contributed by atoms with Crippen LogP contribution in [0, 0.1) is 12.7 Å². The van der Waals surface area contributed by atoms with Crippen molar-refractivity contribution in [3.05, 3.63) is 59.4 Å². The van der Waals surface area contributed by atoms with Gasteiger partial charge in [-0.15, -0.1) is 0 Å². The summed E-state index contributed by atoms with van der Waals surface area (Å²) in [6.45, 7) is 3.24. The summed E-state index contributed by atoms with van der Waals surface area (Å²) in [5.74, 6) is -1.52. The van der Waals surface area contributed by atoms with Crippen molar-refractivity contribution in [2.75, 3.05) is 12.4 Å². The number of hydrogen-bond donors (Lipinski definition) is 1. The minimum Gasteiger partial charge on any atom is -0.496 e. The number of anilines is 1. The van der Waals surface area contributed by atoms with Crippen molar-refractivity contribution in [1.82, 2.24) is 0 Å². The second kappa shape index (κ2) is 7.59. The highest BCUT2D eigenvalue weighted by Gasteiger charge is 2.22. The number of rotatable bonds is 5. The highest BCUT2D eigenvalue weighted by molar-refractivity contribution is 5.98. The highest BCUT2D eigenvalue weighted by atomic mass is 19.1. The maximum atomic E-state index is 13.5. The molecule has 2 aromatic carbocycles. The Morgan fingerprint density at radius 1 is 1.17 bits per heavy atom. The molecule has 0 fully saturated rings. The molecule has 1 atom stereocenters. The summed E-state index contributed by atoms with van der Waals surface area (Å²) in [6.07, 6.45) is -1.10. The number of aryl methyl sites for hydroxylation is 1. The summed E-state index contributed by atoms with van der Waals surface area (Å²) >= 11 is 0. The number of hydrogen-bond acceptors (Lipinski definition) is 4. The average molecular weight is 331 g/mol. The molecule has 0 saturated heterocycles. The molecule has 0 aliphatic carbocycles. The van der Waals surface area contributed by atoms with Gasteiger partial charge in [0.2, 0.25) is 0 Å². The Bertz CT molecular complexity index is 760. The number of para-hydroxylation sites is 1. The van der Waals surface area contributed by atoms with Gasteiger partial charge in [0.05, 0.1) is 12.8 Å². The van der Waals surface area contributed by atoms with Crippen molar-refractivity contribution in [3.8, 4) is 5.75 Å². The zero-order chi connectivity index (χ0) is 17.7. The topological polar surface area (TPSA) is 64.6 Å². The molecule has 0 unspecified atom stereocenters. The van der Waals surface area contributed by atoms with Crippen LogP contribution in [0.15, 0.2) is 42.5 Å². The van der Waals surface area contributed by atoms with Crippen LogP contribution < -0.4 is 10.1 Å². The molecule has 6 heteroatoms. The molecule has 0 heterocycles. The third-order valence-corrected chi connectivity index (χ3v) is 3.36. The Kier molecular flexibility index (Phi) is 5.52. The van der Waals surface area contributed by atoms with Crippen molar-refractivity contribution in [2.45, 2.75) is 20.0 Å². The number of esters is 1. The molecule has 2 rings (SSSR count). The normalized spacial score (nSPS) is 11.5. The SMILES string of the molecule is COc1ccc(C)cc1C(=O)O[C@H](C)C(=O)Nc1ccccc1F. The maximum absolute atomic E-state index is 13.5. The van der Waals surface area contributed by atoms with Gasteiger partial charge in [0, 0.05) is 0 Å². The van der Waals surface area contributed by atoms with E-state index in [0.29, 0.717) is 5.75 Å². The van der Waals surface area contributed by atoms with Crippen LogP contribution >= 0.6 is 0 Å². The summed E-state index contributed by atoms with van der Waals surface area (Å²) in [7, 11) is 1.44. The zero-order valence-corrected chi connectivity index (χ0v) is 13.6. The lowest BCUT2D eigenvalue weighted by molar-refractivity contribution is -0.123. The molecule has 0 radical (unpaired) electrons. The lowest BCUT2D eigenvalue weighted by atomic mass is 10.1. The molecule has 0 aliphatic rings. The van der Waals surface area contributed by atoms with E-state index >= 15 is 0 Å². The number of benzene rings is 2. The monoisotopic (exact) mass is 331 g/mol. The van der Waals surface area contributed by atoms with Crippen molar-refractivity contribution >= 4 is 17.6 Å². The number of amides is 1. The maximum Gasteiger partial charge on any atom is 0.342 e. The van der Waals surface area contributed by atoms with Crippen molar-refractivity contribution in [2.24, 2.45) is 0 Å². The van der Waals surface area contributed by atoms with E-state index in [0.717, 1.165) is 5.56 Å². The van der Waals surface area contributed by atoms with Gasteiger partial charge < -0.3 is 14.8 Å². The molecule has 0 bridgehead atoms. The van der Waals surface area contributed by atoms with E-state index in [1.54, 1.807) is 24.3 Å². The second-order valence-corrected chi connectivity index (χ2v) is 5.22. The van der Waals surface area contributed by atoms with E-state index < -0.39 is 23.8 Å². The largest absolute Gasteiger partial charge is 0.496 e. The first-order valence-electron chi connectivity index (χ1n) is 7.33. The van der Waals surface area contributed by atoms with Crippen molar-refractivity contribution in [1.29, 1.82) is 0 Å². The fourth-order valence-electron chi connectivity index (χ4n) is 2.06. The van der Waals surface area contributed by atoms with Crippen LogP contribution in [0.4, 0.5) is 10.1 Å². The van der Waals surface area contributed by atoms with E-state index in [-0.39, 0.29) is 11.3 Å². The number of ether oxygens (including phenoxy) is 2. The fourth-order valence-corrected chi connectivity index (χ4v) is 2.06. The molecule has 0 saturated carbocycles. The van der Waals surface area contributed by atoms with Gasteiger partial charge in [-0.3, -0.25) is 4.79 Å². The Morgan fingerprint density at radius 3 is 2.54 bits per heavy atom. The Labute approximate surface area is 139 Å². The van der Waals surface area contributed by atoms with Gasteiger partial charge >= 0.3 is 5.97 Å². The van der Waals surface area contributed by atoms with Gasteiger partial charge in [0.25, 0.3) is 5.91 Å². The van der Waals surface area contributed by atoms with Crippen molar-refractivity contribution < 1.29 is 23.5 Å². The Balaban J connectivity index is 2.07. The molecule has 24 heavy (non-hydrogen) atoms. The first-order chi connectivity index (χ1) is 11.4. The Hall–Kier alpha value is -2.89. The molecular formula is C18H18FNO4. The molecule has 1 amide bonds. The van der Waals surface area contributed by atoms with Crippen LogP contribution in [0.2, 0.25) is 0 Å². The van der Waals surface area contributed by atoms with Gasteiger partial charge in [-0.05, 0) is 38.1 Å².